The number of benzene rings is 1. The van der Waals surface area contributed by atoms with Gasteiger partial charge in [0.2, 0.25) is 10.0 Å². The Morgan fingerprint density at radius 3 is 2.70 bits per heavy atom. The van der Waals surface area contributed by atoms with Crippen molar-refractivity contribution in [3.63, 3.8) is 0 Å². The van der Waals surface area contributed by atoms with Crippen LogP contribution in [0.1, 0.15) is 32.6 Å². The van der Waals surface area contributed by atoms with Gasteiger partial charge in [-0.05, 0) is 52.4 Å². The highest BCUT2D eigenvalue weighted by molar-refractivity contribution is 9.10. The third-order valence-corrected chi connectivity index (χ3v) is 6.41. The monoisotopic (exact) mass is 363 g/mol. The summed E-state index contributed by atoms with van der Waals surface area (Å²) in [4.78, 5) is 0.0855. The van der Waals surface area contributed by atoms with Gasteiger partial charge in [-0.1, -0.05) is 26.2 Å². The lowest BCUT2D eigenvalue weighted by atomic mass is 9.81. The predicted octanol–water partition coefficient (Wildman–Crippen LogP) is 3.69. The highest BCUT2D eigenvalue weighted by atomic mass is 79.9. The van der Waals surface area contributed by atoms with Gasteiger partial charge in [-0.25, -0.2) is 17.5 Å². The van der Waals surface area contributed by atoms with Crippen molar-refractivity contribution < 1.29 is 12.8 Å². The molecule has 3 nitrogen and oxygen atoms in total. The lowest BCUT2D eigenvalue weighted by molar-refractivity contribution is 0.257. The maximum absolute atomic E-state index is 13.0. The van der Waals surface area contributed by atoms with Crippen LogP contribution in [-0.2, 0) is 10.0 Å². The maximum Gasteiger partial charge on any atom is 0.241 e. The van der Waals surface area contributed by atoms with E-state index in [1.54, 1.807) is 0 Å². The molecule has 0 spiro atoms. The minimum absolute atomic E-state index is 0.0855. The first-order valence-electron chi connectivity index (χ1n) is 6.85. The maximum atomic E-state index is 13.0. The van der Waals surface area contributed by atoms with Crippen molar-refractivity contribution >= 4 is 26.0 Å². The molecular formula is C14H19BrFNO2S. The zero-order valence-corrected chi connectivity index (χ0v) is 13.8. The highest BCUT2D eigenvalue weighted by Crippen LogP contribution is 2.29. The Bertz CT molecular complexity index is 577. The fourth-order valence-corrected chi connectivity index (χ4v) is 4.83. The van der Waals surface area contributed by atoms with Crippen molar-refractivity contribution in [2.45, 2.75) is 37.5 Å². The fraction of sp³-hybridized carbons (Fsp3) is 0.571. The minimum Gasteiger partial charge on any atom is -0.211 e. The number of nitrogens with one attached hydrogen (secondary N) is 1. The van der Waals surface area contributed by atoms with Gasteiger partial charge in [-0.3, -0.25) is 0 Å². The second kappa shape index (κ2) is 6.54. The Kier molecular flexibility index (Phi) is 5.20. The molecule has 1 N–H and O–H groups in total. The quantitative estimate of drug-likeness (QED) is 0.886. The van der Waals surface area contributed by atoms with Gasteiger partial charge in [0.15, 0.2) is 0 Å². The molecule has 112 valence electrons. The summed E-state index contributed by atoms with van der Waals surface area (Å²) in [5.41, 5.74) is 0. The van der Waals surface area contributed by atoms with Crippen LogP contribution in [0.25, 0.3) is 0 Å². The molecule has 0 saturated heterocycles. The van der Waals surface area contributed by atoms with E-state index >= 15 is 0 Å². The van der Waals surface area contributed by atoms with Gasteiger partial charge in [0, 0.05) is 11.0 Å². The van der Waals surface area contributed by atoms with E-state index in [2.05, 4.69) is 27.6 Å². The summed E-state index contributed by atoms with van der Waals surface area (Å²) < 4.78 is 40.4. The zero-order valence-electron chi connectivity index (χ0n) is 11.4. The van der Waals surface area contributed by atoms with Gasteiger partial charge in [-0.15, -0.1) is 0 Å². The molecule has 1 aliphatic carbocycles. The van der Waals surface area contributed by atoms with Crippen LogP contribution in [0.15, 0.2) is 27.6 Å². The summed E-state index contributed by atoms with van der Waals surface area (Å²) in [6.07, 6.45) is 4.62. The summed E-state index contributed by atoms with van der Waals surface area (Å²) in [7, 11) is -3.59. The molecule has 1 aromatic carbocycles. The molecule has 0 heterocycles. The van der Waals surface area contributed by atoms with Crippen molar-refractivity contribution in [2.24, 2.45) is 11.8 Å². The summed E-state index contributed by atoms with van der Waals surface area (Å²) in [5, 5.41) is 0. The summed E-state index contributed by atoms with van der Waals surface area (Å²) in [6.45, 7) is 2.62. The van der Waals surface area contributed by atoms with Crippen molar-refractivity contribution in [3.05, 3.63) is 28.5 Å². The smallest absolute Gasteiger partial charge is 0.211 e. The largest absolute Gasteiger partial charge is 0.241 e. The molecule has 6 heteroatoms. The molecule has 0 aliphatic heterocycles. The van der Waals surface area contributed by atoms with Gasteiger partial charge < -0.3 is 0 Å². The molecule has 1 saturated carbocycles. The highest BCUT2D eigenvalue weighted by Gasteiger charge is 2.24. The Morgan fingerprint density at radius 2 is 2.05 bits per heavy atom. The third kappa shape index (κ3) is 3.80. The first-order chi connectivity index (χ1) is 9.40. The topological polar surface area (TPSA) is 46.2 Å². The van der Waals surface area contributed by atoms with E-state index in [-0.39, 0.29) is 9.37 Å². The van der Waals surface area contributed by atoms with Gasteiger partial charge in [0.1, 0.15) is 5.82 Å². The van der Waals surface area contributed by atoms with Crippen molar-refractivity contribution in [2.75, 3.05) is 6.54 Å². The van der Waals surface area contributed by atoms with Crippen LogP contribution < -0.4 is 4.72 Å². The number of halogens is 2. The molecular weight excluding hydrogens is 345 g/mol. The Labute approximate surface area is 128 Å². The second-order valence-electron chi connectivity index (χ2n) is 5.45. The van der Waals surface area contributed by atoms with Crippen molar-refractivity contribution in [1.29, 1.82) is 0 Å². The second-order valence-corrected chi connectivity index (χ2v) is 8.04. The molecule has 0 radical (unpaired) electrons. The zero-order chi connectivity index (χ0) is 14.8. The molecule has 1 aliphatic rings. The van der Waals surface area contributed by atoms with Crippen LogP contribution in [0.5, 0.6) is 0 Å². The normalized spacial score (nSPS) is 23.8. The SMILES string of the molecule is CC1CCCCC1CNS(=O)(=O)c1ccc(F)cc1Br. The molecule has 2 atom stereocenters. The van der Waals surface area contributed by atoms with Gasteiger partial charge in [0.25, 0.3) is 0 Å². The third-order valence-electron chi connectivity index (χ3n) is 4.01. The number of hydrogen-bond acceptors (Lipinski definition) is 2. The first kappa shape index (κ1) is 15.9. The molecule has 0 bridgehead atoms. The van der Waals surface area contributed by atoms with Gasteiger partial charge >= 0.3 is 0 Å². The lowest BCUT2D eigenvalue weighted by Crippen LogP contribution is -2.33. The van der Waals surface area contributed by atoms with E-state index in [4.69, 9.17) is 0 Å². The predicted molar refractivity (Wildman–Crippen MR) is 80.4 cm³/mol. The number of sulfonamides is 1. The Balaban J connectivity index is 2.07. The summed E-state index contributed by atoms with van der Waals surface area (Å²) >= 11 is 3.10. The molecule has 1 aromatic rings. The number of rotatable bonds is 4. The van der Waals surface area contributed by atoms with Crippen molar-refractivity contribution in [3.8, 4) is 0 Å². The molecule has 0 amide bonds. The van der Waals surface area contributed by atoms with E-state index in [0.29, 0.717) is 18.4 Å². The molecule has 2 rings (SSSR count). The fourth-order valence-electron chi connectivity index (χ4n) is 2.68. The minimum atomic E-state index is -3.59. The van der Waals surface area contributed by atoms with Crippen molar-refractivity contribution in [1.82, 2.24) is 4.72 Å². The van der Waals surface area contributed by atoms with E-state index in [0.717, 1.165) is 31.4 Å². The lowest BCUT2D eigenvalue weighted by Gasteiger charge is -2.28. The Hall–Kier alpha value is -0.460. The van der Waals surface area contributed by atoms with Crippen LogP contribution in [0.3, 0.4) is 0 Å². The van der Waals surface area contributed by atoms with Crippen LogP contribution in [0, 0.1) is 17.7 Å². The Morgan fingerprint density at radius 1 is 1.35 bits per heavy atom. The average molecular weight is 364 g/mol. The summed E-state index contributed by atoms with van der Waals surface area (Å²) in [5.74, 6) is 0.470. The summed E-state index contributed by atoms with van der Waals surface area (Å²) in [6, 6.07) is 3.60. The van der Waals surface area contributed by atoms with Crippen LogP contribution >= 0.6 is 15.9 Å². The van der Waals surface area contributed by atoms with Crippen LogP contribution in [0.2, 0.25) is 0 Å². The van der Waals surface area contributed by atoms with E-state index in [1.165, 1.54) is 12.5 Å². The molecule has 20 heavy (non-hydrogen) atoms. The molecule has 0 aromatic heterocycles. The molecule has 1 fully saturated rings. The average Bonchev–Trinajstić information content (AvgIpc) is 2.37. The van der Waals surface area contributed by atoms with E-state index < -0.39 is 15.8 Å². The van der Waals surface area contributed by atoms with Gasteiger partial charge in [0.05, 0.1) is 4.90 Å². The number of hydrogen-bond donors (Lipinski definition) is 1. The van der Waals surface area contributed by atoms with E-state index in [9.17, 15) is 12.8 Å². The van der Waals surface area contributed by atoms with Gasteiger partial charge in [-0.2, -0.15) is 0 Å². The standard InChI is InChI=1S/C14H19BrFNO2S/c1-10-4-2-3-5-11(10)9-17-20(18,19)14-7-6-12(16)8-13(14)15/h6-8,10-11,17H,2-5,9H2,1H3. The first-order valence-corrected chi connectivity index (χ1v) is 9.12. The van der Waals surface area contributed by atoms with Crippen LogP contribution in [0.4, 0.5) is 4.39 Å². The van der Waals surface area contributed by atoms with Crippen LogP contribution in [-0.4, -0.2) is 15.0 Å². The molecule has 2 unspecified atom stereocenters. The van der Waals surface area contributed by atoms with E-state index in [1.807, 2.05) is 0 Å².